The summed E-state index contributed by atoms with van der Waals surface area (Å²) in [5, 5.41) is 3.28. The van der Waals surface area contributed by atoms with Gasteiger partial charge in [-0.3, -0.25) is 4.98 Å². The Morgan fingerprint density at radius 2 is 2.24 bits per heavy atom. The van der Waals surface area contributed by atoms with Gasteiger partial charge in [0.05, 0.1) is 6.20 Å². The van der Waals surface area contributed by atoms with Crippen molar-refractivity contribution in [3.63, 3.8) is 0 Å². The van der Waals surface area contributed by atoms with Gasteiger partial charge in [-0.1, -0.05) is 0 Å². The fourth-order valence-corrected chi connectivity index (χ4v) is 3.56. The molecule has 1 aromatic heterocycles. The van der Waals surface area contributed by atoms with Crippen LogP contribution in [-0.2, 0) is 0 Å². The molecule has 17 heavy (non-hydrogen) atoms. The minimum atomic E-state index is -0.248. The van der Waals surface area contributed by atoms with Crippen molar-refractivity contribution < 1.29 is 4.39 Å². The van der Waals surface area contributed by atoms with Crippen LogP contribution < -0.4 is 5.32 Å². The maximum absolute atomic E-state index is 13.1. The lowest BCUT2D eigenvalue weighted by Gasteiger charge is -2.26. The molecular weight excluding hydrogens is 235 g/mol. The second-order valence-corrected chi connectivity index (χ2v) is 5.79. The second-order valence-electron chi connectivity index (χ2n) is 4.57. The zero-order valence-electron chi connectivity index (χ0n) is 10.2. The van der Waals surface area contributed by atoms with E-state index >= 15 is 0 Å². The zero-order chi connectivity index (χ0) is 12.1. The molecule has 2 rings (SSSR count). The molecular formula is C13H19FN2S. The molecule has 0 saturated carbocycles. The van der Waals surface area contributed by atoms with Gasteiger partial charge in [-0.05, 0) is 55.4 Å². The molecule has 1 N–H and O–H groups in total. The van der Waals surface area contributed by atoms with E-state index in [0.717, 1.165) is 17.9 Å². The van der Waals surface area contributed by atoms with Crippen LogP contribution in [0.1, 0.15) is 30.9 Å². The van der Waals surface area contributed by atoms with Gasteiger partial charge in [-0.2, -0.15) is 11.8 Å². The van der Waals surface area contributed by atoms with Crippen molar-refractivity contribution in [2.45, 2.75) is 25.3 Å². The lowest BCUT2D eigenvalue weighted by Crippen LogP contribution is -2.22. The number of rotatable bonds is 4. The number of nitrogens with zero attached hydrogens (tertiary/aromatic N) is 1. The fraction of sp³-hybridized carbons (Fsp3) is 0.615. The fourth-order valence-electron chi connectivity index (χ4n) is 2.35. The van der Waals surface area contributed by atoms with Crippen molar-refractivity contribution in [1.82, 2.24) is 10.3 Å². The van der Waals surface area contributed by atoms with Crippen molar-refractivity contribution in [2.75, 3.05) is 18.6 Å². The molecule has 2 nitrogen and oxygen atoms in total. The number of hydrogen-bond donors (Lipinski definition) is 1. The van der Waals surface area contributed by atoms with E-state index in [1.165, 1.54) is 30.5 Å². The van der Waals surface area contributed by atoms with Gasteiger partial charge >= 0.3 is 0 Å². The largest absolute Gasteiger partial charge is 0.313 e. The monoisotopic (exact) mass is 254 g/mol. The Labute approximate surface area is 106 Å². The number of aromatic nitrogens is 1. The number of halogens is 1. The van der Waals surface area contributed by atoms with Crippen LogP contribution in [-0.4, -0.2) is 23.5 Å². The van der Waals surface area contributed by atoms with E-state index in [-0.39, 0.29) is 11.9 Å². The third kappa shape index (κ3) is 3.68. The lowest BCUT2D eigenvalue weighted by atomic mass is 9.91. The summed E-state index contributed by atoms with van der Waals surface area (Å²) in [5.74, 6) is 3.05. The molecule has 0 aromatic carbocycles. The standard InChI is InChI=1S/C13H19FN2S/c1-15-13(6-10-2-4-17-5-3-10)11-7-12(14)9-16-8-11/h7-10,13,15H,2-6H2,1H3. The number of pyridine rings is 1. The summed E-state index contributed by atoms with van der Waals surface area (Å²) in [5.41, 5.74) is 0.964. The van der Waals surface area contributed by atoms with Crippen LogP contribution in [0.25, 0.3) is 0 Å². The first-order chi connectivity index (χ1) is 8.29. The molecule has 2 heterocycles. The van der Waals surface area contributed by atoms with Crippen LogP contribution in [0.2, 0.25) is 0 Å². The molecule has 94 valence electrons. The maximum Gasteiger partial charge on any atom is 0.141 e. The third-order valence-electron chi connectivity index (χ3n) is 3.39. The summed E-state index contributed by atoms with van der Waals surface area (Å²) < 4.78 is 13.1. The van der Waals surface area contributed by atoms with Gasteiger partial charge in [0.25, 0.3) is 0 Å². The molecule has 0 radical (unpaired) electrons. The lowest BCUT2D eigenvalue weighted by molar-refractivity contribution is 0.383. The normalized spacial score (nSPS) is 19.2. The Morgan fingerprint density at radius 3 is 2.88 bits per heavy atom. The van der Waals surface area contributed by atoms with E-state index in [1.807, 2.05) is 18.8 Å². The minimum absolute atomic E-state index is 0.228. The summed E-state index contributed by atoms with van der Waals surface area (Å²) in [6.45, 7) is 0. The zero-order valence-corrected chi connectivity index (χ0v) is 11.0. The topological polar surface area (TPSA) is 24.9 Å². The van der Waals surface area contributed by atoms with Crippen LogP contribution in [0.4, 0.5) is 4.39 Å². The summed E-state index contributed by atoms with van der Waals surface area (Å²) in [4.78, 5) is 3.93. The van der Waals surface area contributed by atoms with Crippen molar-refractivity contribution >= 4 is 11.8 Å². The molecule has 1 saturated heterocycles. The Bertz CT molecular complexity index is 353. The Hall–Kier alpha value is -0.610. The molecule has 1 aromatic rings. The van der Waals surface area contributed by atoms with Gasteiger partial charge in [0.1, 0.15) is 5.82 Å². The molecule has 0 amide bonds. The van der Waals surface area contributed by atoms with Crippen LogP contribution in [0.5, 0.6) is 0 Å². The van der Waals surface area contributed by atoms with Gasteiger partial charge in [-0.15, -0.1) is 0 Å². The highest BCUT2D eigenvalue weighted by Crippen LogP contribution is 2.30. The van der Waals surface area contributed by atoms with Crippen molar-refractivity contribution in [3.05, 3.63) is 29.8 Å². The molecule has 0 spiro atoms. The van der Waals surface area contributed by atoms with Crippen LogP contribution in [0.15, 0.2) is 18.5 Å². The van der Waals surface area contributed by atoms with Gasteiger partial charge in [0.15, 0.2) is 0 Å². The third-order valence-corrected chi connectivity index (χ3v) is 4.44. The summed E-state index contributed by atoms with van der Waals surface area (Å²) in [6, 6.07) is 1.82. The molecule has 1 unspecified atom stereocenters. The van der Waals surface area contributed by atoms with E-state index in [1.54, 1.807) is 12.3 Å². The molecule has 0 aliphatic carbocycles. The van der Waals surface area contributed by atoms with E-state index in [4.69, 9.17) is 0 Å². The minimum Gasteiger partial charge on any atom is -0.313 e. The van der Waals surface area contributed by atoms with Crippen molar-refractivity contribution in [1.29, 1.82) is 0 Å². The average Bonchev–Trinajstić information content (AvgIpc) is 2.37. The van der Waals surface area contributed by atoms with E-state index in [2.05, 4.69) is 10.3 Å². The Kier molecular flexibility index (Phi) is 4.80. The molecule has 1 aliphatic heterocycles. The molecule has 1 fully saturated rings. The van der Waals surface area contributed by atoms with Crippen LogP contribution in [0.3, 0.4) is 0 Å². The predicted molar refractivity (Wildman–Crippen MR) is 70.7 cm³/mol. The van der Waals surface area contributed by atoms with Crippen LogP contribution >= 0.6 is 11.8 Å². The van der Waals surface area contributed by atoms with Gasteiger partial charge in [-0.25, -0.2) is 4.39 Å². The van der Waals surface area contributed by atoms with Gasteiger partial charge in [0.2, 0.25) is 0 Å². The average molecular weight is 254 g/mol. The molecule has 1 atom stereocenters. The summed E-state index contributed by atoms with van der Waals surface area (Å²) in [7, 11) is 1.94. The molecule has 4 heteroatoms. The smallest absolute Gasteiger partial charge is 0.141 e. The first kappa shape index (κ1) is 12.8. The van der Waals surface area contributed by atoms with Gasteiger partial charge in [0, 0.05) is 12.2 Å². The highest BCUT2D eigenvalue weighted by molar-refractivity contribution is 7.99. The predicted octanol–water partition coefficient (Wildman–Crippen LogP) is 3.01. The Morgan fingerprint density at radius 1 is 1.47 bits per heavy atom. The van der Waals surface area contributed by atoms with Crippen LogP contribution in [0, 0.1) is 11.7 Å². The number of hydrogen-bond acceptors (Lipinski definition) is 3. The highest BCUT2D eigenvalue weighted by atomic mass is 32.2. The van der Waals surface area contributed by atoms with Crippen molar-refractivity contribution in [2.24, 2.45) is 5.92 Å². The Balaban J connectivity index is 2.00. The number of thioether (sulfide) groups is 1. The SMILES string of the molecule is CNC(CC1CCSCC1)c1cncc(F)c1. The summed E-state index contributed by atoms with van der Waals surface area (Å²) in [6.07, 6.45) is 6.68. The van der Waals surface area contributed by atoms with E-state index in [0.29, 0.717) is 0 Å². The molecule has 0 bridgehead atoms. The summed E-state index contributed by atoms with van der Waals surface area (Å²) >= 11 is 2.04. The second kappa shape index (κ2) is 6.36. The first-order valence-corrected chi connectivity index (χ1v) is 7.30. The first-order valence-electron chi connectivity index (χ1n) is 6.15. The van der Waals surface area contributed by atoms with Gasteiger partial charge < -0.3 is 5.32 Å². The quantitative estimate of drug-likeness (QED) is 0.894. The van der Waals surface area contributed by atoms with E-state index in [9.17, 15) is 4.39 Å². The number of nitrogens with one attached hydrogen (secondary N) is 1. The molecule has 1 aliphatic rings. The van der Waals surface area contributed by atoms with E-state index < -0.39 is 0 Å². The maximum atomic E-state index is 13.1. The highest BCUT2D eigenvalue weighted by Gasteiger charge is 2.19. The van der Waals surface area contributed by atoms with Crippen molar-refractivity contribution in [3.8, 4) is 0 Å².